The molecule has 0 aliphatic rings. The van der Waals surface area contributed by atoms with Gasteiger partial charge in [-0.1, -0.05) is 6.07 Å². The molecule has 0 aliphatic heterocycles. The van der Waals surface area contributed by atoms with Crippen LogP contribution in [0.4, 0.5) is 5.82 Å². The number of pyridine rings is 1. The van der Waals surface area contributed by atoms with Crippen molar-refractivity contribution in [2.45, 2.75) is 6.92 Å². The molecule has 2 aromatic heterocycles. The fourth-order valence-electron chi connectivity index (χ4n) is 1.13. The van der Waals surface area contributed by atoms with Crippen LogP contribution in [-0.2, 0) is 0 Å². The van der Waals surface area contributed by atoms with E-state index in [0.29, 0.717) is 11.5 Å². The molecule has 2 aromatic rings. The monoisotopic (exact) mass is 203 g/mol. The Labute approximate surface area is 86.2 Å². The number of nitrogens with zero attached hydrogens (tertiary/aromatic N) is 2. The first kappa shape index (κ1) is 9.39. The molecule has 0 fully saturated rings. The Morgan fingerprint density at radius 3 is 2.87 bits per heavy atom. The summed E-state index contributed by atoms with van der Waals surface area (Å²) < 4.78 is 4.95. The highest BCUT2D eigenvalue weighted by atomic mass is 16.3. The molecular weight excluding hydrogens is 194 g/mol. The summed E-state index contributed by atoms with van der Waals surface area (Å²) in [6.45, 7) is 1.71. The van der Waals surface area contributed by atoms with Gasteiger partial charge in [0.25, 0.3) is 5.91 Å². The van der Waals surface area contributed by atoms with E-state index in [-0.39, 0.29) is 11.7 Å². The van der Waals surface area contributed by atoms with E-state index in [4.69, 9.17) is 4.42 Å². The van der Waals surface area contributed by atoms with Crippen molar-refractivity contribution in [1.29, 1.82) is 0 Å². The number of aromatic nitrogens is 2. The molecule has 0 unspecified atom stereocenters. The molecule has 0 spiro atoms. The van der Waals surface area contributed by atoms with Crippen molar-refractivity contribution >= 4 is 11.7 Å². The van der Waals surface area contributed by atoms with Crippen molar-refractivity contribution in [1.82, 2.24) is 9.97 Å². The second-order valence-corrected chi connectivity index (χ2v) is 2.94. The van der Waals surface area contributed by atoms with Gasteiger partial charge in [-0.3, -0.25) is 4.79 Å². The molecule has 0 bridgehead atoms. The Morgan fingerprint density at radius 1 is 1.40 bits per heavy atom. The van der Waals surface area contributed by atoms with E-state index in [1.54, 1.807) is 31.3 Å². The van der Waals surface area contributed by atoms with Gasteiger partial charge in [-0.15, -0.1) is 0 Å². The van der Waals surface area contributed by atoms with Gasteiger partial charge in [0.15, 0.2) is 6.39 Å². The molecule has 0 aromatic carbocycles. The van der Waals surface area contributed by atoms with Crippen molar-refractivity contribution in [3.05, 3.63) is 42.2 Å². The van der Waals surface area contributed by atoms with E-state index in [0.717, 1.165) is 0 Å². The van der Waals surface area contributed by atoms with Gasteiger partial charge in [-0.25, -0.2) is 9.97 Å². The number of aryl methyl sites for hydroxylation is 1. The number of oxazole rings is 1. The highest BCUT2D eigenvalue weighted by Gasteiger charge is 2.13. The van der Waals surface area contributed by atoms with E-state index in [1.807, 2.05) is 0 Å². The second-order valence-electron chi connectivity index (χ2n) is 2.94. The average molecular weight is 203 g/mol. The molecule has 0 aliphatic carbocycles. The van der Waals surface area contributed by atoms with Crippen LogP contribution in [0.2, 0.25) is 0 Å². The fraction of sp³-hybridized carbons (Fsp3) is 0.100. The van der Waals surface area contributed by atoms with Gasteiger partial charge in [-0.2, -0.15) is 0 Å². The van der Waals surface area contributed by atoms with Gasteiger partial charge in [0.2, 0.25) is 5.76 Å². The molecule has 2 rings (SSSR count). The summed E-state index contributed by atoms with van der Waals surface area (Å²) in [5.74, 6) is 0.350. The van der Waals surface area contributed by atoms with E-state index in [9.17, 15) is 4.79 Å². The summed E-state index contributed by atoms with van der Waals surface area (Å²) in [6.07, 6.45) is 2.84. The lowest BCUT2D eigenvalue weighted by Gasteiger charge is -2.00. The van der Waals surface area contributed by atoms with Gasteiger partial charge in [-0.05, 0) is 19.1 Å². The first-order valence-corrected chi connectivity index (χ1v) is 4.40. The topological polar surface area (TPSA) is 68.0 Å². The summed E-state index contributed by atoms with van der Waals surface area (Å²) in [6, 6.07) is 5.26. The third-order valence-electron chi connectivity index (χ3n) is 1.86. The molecule has 1 N–H and O–H groups in total. The number of carbonyl (C=O) groups is 1. The molecule has 5 heteroatoms. The molecule has 0 saturated carbocycles. The fourth-order valence-corrected chi connectivity index (χ4v) is 1.13. The van der Waals surface area contributed by atoms with Crippen molar-refractivity contribution in [2.24, 2.45) is 0 Å². The van der Waals surface area contributed by atoms with Gasteiger partial charge in [0.1, 0.15) is 5.82 Å². The first-order chi connectivity index (χ1) is 7.27. The van der Waals surface area contributed by atoms with Crippen molar-refractivity contribution in [2.75, 3.05) is 5.32 Å². The van der Waals surface area contributed by atoms with Crippen LogP contribution in [0.15, 0.2) is 35.2 Å². The van der Waals surface area contributed by atoms with Gasteiger partial charge in [0.05, 0.1) is 5.69 Å². The van der Waals surface area contributed by atoms with Crippen LogP contribution in [0.3, 0.4) is 0 Å². The van der Waals surface area contributed by atoms with Crippen LogP contribution < -0.4 is 5.32 Å². The summed E-state index contributed by atoms with van der Waals surface area (Å²) in [5.41, 5.74) is 0.559. The second kappa shape index (κ2) is 3.91. The third kappa shape index (κ3) is 2.01. The molecule has 0 atom stereocenters. The predicted molar refractivity (Wildman–Crippen MR) is 53.4 cm³/mol. The van der Waals surface area contributed by atoms with Crippen LogP contribution >= 0.6 is 0 Å². The summed E-state index contributed by atoms with van der Waals surface area (Å²) in [4.78, 5) is 19.4. The van der Waals surface area contributed by atoms with Crippen LogP contribution in [0.1, 0.15) is 16.2 Å². The zero-order valence-electron chi connectivity index (χ0n) is 8.10. The predicted octanol–water partition coefficient (Wildman–Crippen LogP) is 1.63. The maximum Gasteiger partial charge on any atom is 0.294 e. The summed E-state index contributed by atoms with van der Waals surface area (Å²) >= 11 is 0. The Bertz CT molecular complexity index is 465. The smallest absolute Gasteiger partial charge is 0.294 e. The number of amides is 1. The first-order valence-electron chi connectivity index (χ1n) is 4.40. The number of nitrogens with one attached hydrogen (secondary N) is 1. The lowest BCUT2D eigenvalue weighted by atomic mass is 10.3. The standard InChI is InChI=1S/C10H9N3O2/c1-7-9(15-6-12-7)10(14)13-8-4-2-3-5-11-8/h2-6H,1H3,(H,11,13,14). The molecule has 0 radical (unpaired) electrons. The zero-order valence-corrected chi connectivity index (χ0v) is 8.10. The van der Waals surface area contributed by atoms with Crippen molar-refractivity contribution in [3.63, 3.8) is 0 Å². The van der Waals surface area contributed by atoms with E-state index in [2.05, 4.69) is 15.3 Å². The van der Waals surface area contributed by atoms with Gasteiger partial charge < -0.3 is 9.73 Å². The zero-order chi connectivity index (χ0) is 10.7. The number of anilines is 1. The molecule has 1 amide bonds. The lowest BCUT2D eigenvalue weighted by Crippen LogP contribution is -2.13. The van der Waals surface area contributed by atoms with E-state index >= 15 is 0 Å². The normalized spacial score (nSPS) is 9.93. The molecule has 2 heterocycles. The lowest BCUT2D eigenvalue weighted by molar-refractivity contribution is 0.0995. The Morgan fingerprint density at radius 2 is 2.27 bits per heavy atom. The Balaban J connectivity index is 2.15. The van der Waals surface area contributed by atoms with E-state index < -0.39 is 0 Å². The molecule has 0 saturated heterocycles. The number of rotatable bonds is 2. The number of hydrogen-bond donors (Lipinski definition) is 1. The SMILES string of the molecule is Cc1ncoc1C(=O)Nc1ccccn1. The average Bonchev–Trinajstić information content (AvgIpc) is 2.66. The van der Waals surface area contributed by atoms with Crippen LogP contribution in [0, 0.1) is 6.92 Å². The minimum absolute atomic E-state index is 0.209. The summed E-state index contributed by atoms with van der Waals surface area (Å²) in [5, 5.41) is 2.60. The molecule has 5 nitrogen and oxygen atoms in total. The largest absolute Gasteiger partial charge is 0.438 e. The minimum Gasteiger partial charge on any atom is -0.438 e. The van der Waals surface area contributed by atoms with Crippen LogP contribution in [-0.4, -0.2) is 15.9 Å². The maximum absolute atomic E-state index is 11.6. The number of carbonyl (C=O) groups excluding carboxylic acids is 1. The third-order valence-corrected chi connectivity index (χ3v) is 1.86. The minimum atomic E-state index is -0.344. The van der Waals surface area contributed by atoms with Crippen molar-refractivity contribution < 1.29 is 9.21 Å². The Kier molecular flexibility index (Phi) is 2.45. The van der Waals surface area contributed by atoms with Crippen LogP contribution in [0.5, 0.6) is 0 Å². The Hall–Kier alpha value is -2.17. The molecule has 15 heavy (non-hydrogen) atoms. The van der Waals surface area contributed by atoms with Crippen molar-refractivity contribution in [3.8, 4) is 0 Å². The highest BCUT2D eigenvalue weighted by Crippen LogP contribution is 2.08. The van der Waals surface area contributed by atoms with E-state index in [1.165, 1.54) is 6.39 Å². The number of hydrogen-bond acceptors (Lipinski definition) is 4. The maximum atomic E-state index is 11.6. The van der Waals surface area contributed by atoms with Gasteiger partial charge >= 0.3 is 0 Å². The quantitative estimate of drug-likeness (QED) is 0.805. The van der Waals surface area contributed by atoms with Gasteiger partial charge in [0, 0.05) is 6.20 Å². The molecular formula is C10H9N3O2. The van der Waals surface area contributed by atoms with Crippen LogP contribution in [0.25, 0.3) is 0 Å². The molecule has 76 valence electrons. The summed E-state index contributed by atoms with van der Waals surface area (Å²) in [7, 11) is 0. The highest BCUT2D eigenvalue weighted by molar-refractivity contribution is 6.02.